The van der Waals surface area contributed by atoms with E-state index in [1.54, 1.807) is 0 Å². The van der Waals surface area contributed by atoms with E-state index in [0.29, 0.717) is 26.1 Å². The summed E-state index contributed by atoms with van der Waals surface area (Å²) in [5.74, 6) is 10.8. The SMILES string of the molecule is CCC#CC#CCOCCCC(=O)OC(C)(C)C. The Morgan fingerprint density at radius 2 is 1.83 bits per heavy atom. The first-order valence-electron chi connectivity index (χ1n) is 6.21. The molecule has 0 saturated carbocycles. The lowest BCUT2D eigenvalue weighted by Gasteiger charge is -2.19. The number of ether oxygens (including phenoxy) is 2. The molecule has 0 amide bonds. The molecule has 0 rings (SSSR count). The summed E-state index contributed by atoms with van der Waals surface area (Å²) in [7, 11) is 0. The minimum atomic E-state index is -0.415. The van der Waals surface area contributed by atoms with Gasteiger partial charge in [0, 0.05) is 19.4 Å². The van der Waals surface area contributed by atoms with Crippen molar-refractivity contribution in [3.05, 3.63) is 0 Å². The van der Waals surface area contributed by atoms with E-state index in [-0.39, 0.29) is 5.97 Å². The summed E-state index contributed by atoms with van der Waals surface area (Å²) in [6.45, 7) is 8.40. The summed E-state index contributed by atoms with van der Waals surface area (Å²) < 4.78 is 10.4. The molecule has 100 valence electrons. The molecule has 18 heavy (non-hydrogen) atoms. The van der Waals surface area contributed by atoms with Crippen LogP contribution >= 0.6 is 0 Å². The standard InChI is InChI=1S/C15H22O3/c1-5-6-7-8-9-12-17-13-10-11-14(16)18-15(2,3)4/h5,10-13H2,1-4H3. The van der Waals surface area contributed by atoms with Crippen molar-refractivity contribution in [2.75, 3.05) is 13.2 Å². The van der Waals surface area contributed by atoms with Gasteiger partial charge in [-0.15, -0.1) is 0 Å². The number of carbonyl (C=O) groups is 1. The van der Waals surface area contributed by atoms with Gasteiger partial charge in [0.2, 0.25) is 0 Å². The topological polar surface area (TPSA) is 35.5 Å². The first-order chi connectivity index (χ1) is 8.45. The second kappa shape index (κ2) is 9.57. The molecular formula is C15H22O3. The van der Waals surface area contributed by atoms with Crippen LogP contribution in [-0.2, 0) is 14.3 Å². The molecule has 0 N–H and O–H groups in total. The number of esters is 1. The van der Waals surface area contributed by atoms with Crippen molar-refractivity contribution < 1.29 is 14.3 Å². The van der Waals surface area contributed by atoms with Crippen LogP contribution in [0.25, 0.3) is 0 Å². The molecule has 0 aliphatic rings. The van der Waals surface area contributed by atoms with Crippen LogP contribution in [0.2, 0.25) is 0 Å². The molecule has 3 nitrogen and oxygen atoms in total. The van der Waals surface area contributed by atoms with E-state index in [9.17, 15) is 4.79 Å². The van der Waals surface area contributed by atoms with Gasteiger partial charge < -0.3 is 9.47 Å². The Morgan fingerprint density at radius 1 is 1.17 bits per heavy atom. The molecule has 0 aliphatic carbocycles. The molecule has 0 radical (unpaired) electrons. The van der Waals surface area contributed by atoms with Crippen LogP contribution in [0.5, 0.6) is 0 Å². The highest BCUT2D eigenvalue weighted by atomic mass is 16.6. The Labute approximate surface area is 110 Å². The van der Waals surface area contributed by atoms with E-state index in [2.05, 4.69) is 23.7 Å². The van der Waals surface area contributed by atoms with E-state index < -0.39 is 5.60 Å². The zero-order chi connectivity index (χ0) is 13.9. The largest absolute Gasteiger partial charge is 0.460 e. The zero-order valence-electron chi connectivity index (χ0n) is 11.8. The van der Waals surface area contributed by atoms with Crippen molar-refractivity contribution in [1.29, 1.82) is 0 Å². The van der Waals surface area contributed by atoms with Crippen LogP contribution in [0.1, 0.15) is 47.0 Å². The van der Waals surface area contributed by atoms with E-state index in [1.165, 1.54) is 0 Å². The molecule has 0 aromatic rings. The fourth-order valence-corrected chi connectivity index (χ4v) is 1.05. The average Bonchev–Trinajstić information content (AvgIpc) is 2.24. The maximum atomic E-state index is 11.3. The molecule has 0 aliphatic heterocycles. The van der Waals surface area contributed by atoms with Gasteiger partial charge in [0.25, 0.3) is 0 Å². The maximum absolute atomic E-state index is 11.3. The molecule has 0 aromatic heterocycles. The highest BCUT2D eigenvalue weighted by Gasteiger charge is 2.15. The number of hydrogen-bond acceptors (Lipinski definition) is 3. The molecule has 0 unspecified atom stereocenters. The summed E-state index contributed by atoms with van der Waals surface area (Å²) in [5, 5.41) is 0. The molecule has 0 heterocycles. The molecule has 0 fully saturated rings. The first-order valence-corrected chi connectivity index (χ1v) is 6.21. The lowest BCUT2D eigenvalue weighted by atomic mass is 10.2. The van der Waals surface area contributed by atoms with Crippen LogP contribution in [0.3, 0.4) is 0 Å². The molecule has 0 aromatic carbocycles. The molecular weight excluding hydrogens is 228 g/mol. The van der Waals surface area contributed by atoms with Gasteiger partial charge in [-0.05, 0) is 39.0 Å². The van der Waals surface area contributed by atoms with E-state index in [0.717, 1.165) is 6.42 Å². The third kappa shape index (κ3) is 12.6. The molecule has 0 bridgehead atoms. The summed E-state index contributed by atoms with van der Waals surface area (Å²) >= 11 is 0. The molecule has 3 heteroatoms. The normalized spacial score (nSPS) is 9.78. The lowest BCUT2D eigenvalue weighted by molar-refractivity contribution is -0.155. The number of rotatable bonds is 5. The zero-order valence-corrected chi connectivity index (χ0v) is 11.8. The van der Waals surface area contributed by atoms with Crippen LogP contribution in [0.4, 0.5) is 0 Å². The minimum Gasteiger partial charge on any atom is -0.460 e. The number of hydrogen-bond donors (Lipinski definition) is 0. The molecule has 0 saturated heterocycles. The first kappa shape index (κ1) is 16.6. The van der Waals surface area contributed by atoms with Crippen LogP contribution in [0.15, 0.2) is 0 Å². The third-order valence-electron chi connectivity index (χ3n) is 1.68. The van der Waals surface area contributed by atoms with Crippen molar-refractivity contribution >= 4 is 5.97 Å². The van der Waals surface area contributed by atoms with Gasteiger partial charge in [-0.3, -0.25) is 4.79 Å². The summed E-state index contributed by atoms with van der Waals surface area (Å²) in [6, 6.07) is 0. The van der Waals surface area contributed by atoms with Crippen LogP contribution in [0, 0.1) is 23.7 Å². The second-order valence-corrected chi connectivity index (χ2v) is 4.70. The van der Waals surface area contributed by atoms with E-state index >= 15 is 0 Å². The predicted molar refractivity (Wildman–Crippen MR) is 71.7 cm³/mol. The minimum absolute atomic E-state index is 0.189. The van der Waals surface area contributed by atoms with Crippen molar-refractivity contribution in [1.82, 2.24) is 0 Å². The van der Waals surface area contributed by atoms with Gasteiger partial charge in [-0.25, -0.2) is 0 Å². The van der Waals surface area contributed by atoms with Gasteiger partial charge in [-0.2, -0.15) is 0 Å². The summed E-state index contributed by atoms with van der Waals surface area (Å²) in [4.78, 5) is 11.3. The highest BCUT2D eigenvalue weighted by molar-refractivity contribution is 5.69. The van der Waals surface area contributed by atoms with Crippen molar-refractivity contribution in [2.24, 2.45) is 0 Å². The van der Waals surface area contributed by atoms with E-state index in [4.69, 9.17) is 9.47 Å². The van der Waals surface area contributed by atoms with Crippen LogP contribution < -0.4 is 0 Å². The Bertz CT molecular complexity index is 355. The molecule has 0 atom stereocenters. The summed E-state index contributed by atoms with van der Waals surface area (Å²) in [5.41, 5.74) is -0.415. The molecule has 0 spiro atoms. The Kier molecular flexibility index (Phi) is 8.80. The third-order valence-corrected chi connectivity index (χ3v) is 1.68. The predicted octanol–water partition coefficient (Wildman–Crippen LogP) is 2.54. The van der Waals surface area contributed by atoms with E-state index in [1.807, 2.05) is 27.7 Å². The second-order valence-electron chi connectivity index (χ2n) is 4.70. The lowest BCUT2D eigenvalue weighted by Crippen LogP contribution is -2.23. The fourth-order valence-electron chi connectivity index (χ4n) is 1.05. The maximum Gasteiger partial charge on any atom is 0.306 e. The number of carbonyl (C=O) groups excluding carboxylic acids is 1. The fraction of sp³-hybridized carbons (Fsp3) is 0.667. The highest BCUT2D eigenvalue weighted by Crippen LogP contribution is 2.08. The quantitative estimate of drug-likeness (QED) is 0.427. The smallest absolute Gasteiger partial charge is 0.306 e. The van der Waals surface area contributed by atoms with Gasteiger partial charge in [0.05, 0.1) is 0 Å². The average molecular weight is 250 g/mol. The Balaban J connectivity index is 3.51. The van der Waals surface area contributed by atoms with Gasteiger partial charge in [-0.1, -0.05) is 18.8 Å². The van der Waals surface area contributed by atoms with Crippen LogP contribution in [-0.4, -0.2) is 24.8 Å². The Hall–Kier alpha value is -1.45. The van der Waals surface area contributed by atoms with Crippen molar-refractivity contribution in [3.63, 3.8) is 0 Å². The summed E-state index contributed by atoms with van der Waals surface area (Å²) in [6.07, 6.45) is 1.84. The van der Waals surface area contributed by atoms with Gasteiger partial charge in [0.15, 0.2) is 0 Å². The van der Waals surface area contributed by atoms with Crippen molar-refractivity contribution in [3.8, 4) is 23.7 Å². The Morgan fingerprint density at radius 3 is 2.44 bits per heavy atom. The van der Waals surface area contributed by atoms with Gasteiger partial charge in [0.1, 0.15) is 12.2 Å². The van der Waals surface area contributed by atoms with Gasteiger partial charge >= 0.3 is 5.97 Å². The monoisotopic (exact) mass is 250 g/mol. The van der Waals surface area contributed by atoms with Crippen molar-refractivity contribution in [2.45, 2.75) is 52.6 Å².